The van der Waals surface area contributed by atoms with Crippen molar-refractivity contribution < 1.29 is 9.90 Å². The Bertz CT molecular complexity index is 474. The number of nitrogens with zero attached hydrogens (tertiary/aromatic N) is 3. The molecule has 118 valence electrons. The van der Waals surface area contributed by atoms with Gasteiger partial charge in [-0.1, -0.05) is 6.92 Å². The van der Waals surface area contributed by atoms with Crippen LogP contribution in [0.2, 0.25) is 0 Å². The highest BCUT2D eigenvalue weighted by Crippen LogP contribution is 2.16. The molecule has 0 spiro atoms. The van der Waals surface area contributed by atoms with Crippen LogP contribution in [0, 0.1) is 0 Å². The van der Waals surface area contributed by atoms with E-state index in [9.17, 15) is 9.90 Å². The van der Waals surface area contributed by atoms with E-state index in [1.807, 2.05) is 19.3 Å². The first kappa shape index (κ1) is 16.0. The Morgan fingerprint density at radius 2 is 2.33 bits per heavy atom. The molecule has 0 saturated carbocycles. The van der Waals surface area contributed by atoms with Crippen LogP contribution in [0.15, 0.2) is 12.4 Å². The number of rotatable bonds is 8. The molecule has 1 unspecified atom stereocenters. The lowest BCUT2D eigenvalue weighted by Crippen LogP contribution is -2.50. The molecule has 1 atom stereocenters. The maximum Gasteiger partial charge on any atom is 0.323 e. The molecule has 2 N–H and O–H groups in total. The molecule has 2 rings (SSSR count). The van der Waals surface area contributed by atoms with Gasteiger partial charge in [-0.25, -0.2) is 4.98 Å². The number of fused-ring (bicyclic) bond motifs is 1. The van der Waals surface area contributed by atoms with Crippen LogP contribution < -0.4 is 5.32 Å². The molecule has 1 aliphatic rings. The monoisotopic (exact) mass is 294 g/mol. The number of carboxylic acid groups (broad SMARTS) is 1. The summed E-state index contributed by atoms with van der Waals surface area (Å²) in [7, 11) is 0. The second kappa shape index (κ2) is 7.04. The molecule has 0 bridgehead atoms. The summed E-state index contributed by atoms with van der Waals surface area (Å²) < 4.78 is 2.18. The van der Waals surface area contributed by atoms with Gasteiger partial charge in [-0.2, -0.15) is 0 Å². The third kappa shape index (κ3) is 4.04. The van der Waals surface area contributed by atoms with Crippen molar-refractivity contribution in [2.24, 2.45) is 0 Å². The van der Waals surface area contributed by atoms with E-state index in [1.165, 1.54) is 0 Å². The maximum atomic E-state index is 11.4. The van der Waals surface area contributed by atoms with E-state index < -0.39 is 11.5 Å². The molecule has 1 aromatic rings. The highest BCUT2D eigenvalue weighted by molar-refractivity contribution is 5.78. The van der Waals surface area contributed by atoms with E-state index in [0.717, 1.165) is 51.4 Å². The minimum absolute atomic E-state index is 0.646. The van der Waals surface area contributed by atoms with Crippen LogP contribution in [0.5, 0.6) is 0 Å². The molecule has 0 radical (unpaired) electrons. The van der Waals surface area contributed by atoms with Crippen LogP contribution in [0.4, 0.5) is 0 Å². The van der Waals surface area contributed by atoms with E-state index in [1.54, 1.807) is 6.92 Å². The Kier molecular flexibility index (Phi) is 5.36. The quantitative estimate of drug-likeness (QED) is 0.757. The highest BCUT2D eigenvalue weighted by Gasteiger charge is 2.31. The zero-order chi connectivity index (χ0) is 15.3. The number of aliphatic carboxylic acids is 1. The second-order valence-corrected chi connectivity index (χ2v) is 5.98. The molecule has 1 aromatic heterocycles. The lowest BCUT2D eigenvalue weighted by molar-refractivity contribution is -0.144. The number of imidazole rings is 1. The van der Waals surface area contributed by atoms with Crippen LogP contribution in [0.1, 0.15) is 38.9 Å². The van der Waals surface area contributed by atoms with Gasteiger partial charge >= 0.3 is 5.97 Å². The third-order valence-electron chi connectivity index (χ3n) is 4.21. The second-order valence-electron chi connectivity index (χ2n) is 5.98. The van der Waals surface area contributed by atoms with E-state index in [4.69, 9.17) is 0 Å². The van der Waals surface area contributed by atoms with Crippen molar-refractivity contribution >= 4 is 5.97 Å². The first-order valence-electron chi connectivity index (χ1n) is 7.76. The summed E-state index contributed by atoms with van der Waals surface area (Å²) in [5.41, 5.74) is -0.815. The predicted molar refractivity (Wildman–Crippen MR) is 81.1 cm³/mol. The minimum Gasteiger partial charge on any atom is -0.480 e. The fourth-order valence-electron chi connectivity index (χ4n) is 2.74. The van der Waals surface area contributed by atoms with Gasteiger partial charge in [0.05, 0.1) is 6.54 Å². The van der Waals surface area contributed by atoms with Crippen LogP contribution in [0.3, 0.4) is 0 Å². The summed E-state index contributed by atoms with van der Waals surface area (Å²) in [6, 6.07) is 0. The smallest absolute Gasteiger partial charge is 0.323 e. The Morgan fingerprint density at radius 1 is 1.52 bits per heavy atom. The molecule has 0 fully saturated rings. The molecule has 6 nitrogen and oxygen atoms in total. The lowest BCUT2D eigenvalue weighted by Gasteiger charge is -2.30. The standard InChI is InChI=1S/C15H26N4O2/c1-3-6-17-15(2,14(20)21)5-4-8-18-10-11-19-9-7-16-13(19)12-18/h7,9,17H,3-6,8,10-12H2,1-2H3,(H,20,21). The van der Waals surface area contributed by atoms with Crippen molar-refractivity contribution in [1.82, 2.24) is 19.8 Å². The van der Waals surface area contributed by atoms with E-state index >= 15 is 0 Å². The SMILES string of the molecule is CCCNC(C)(CCCN1CCn2ccnc2C1)C(=O)O. The number of carboxylic acids is 1. The summed E-state index contributed by atoms with van der Waals surface area (Å²) in [5.74, 6) is 0.344. The van der Waals surface area contributed by atoms with Gasteiger partial charge in [0.25, 0.3) is 0 Å². The molecule has 1 aliphatic heterocycles. The van der Waals surface area contributed by atoms with Gasteiger partial charge in [0, 0.05) is 25.5 Å². The van der Waals surface area contributed by atoms with Gasteiger partial charge in [-0.3, -0.25) is 9.69 Å². The van der Waals surface area contributed by atoms with Crippen molar-refractivity contribution in [3.05, 3.63) is 18.2 Å². The fraction of sp³-hybridized carbons (Fsp3) is 0.733. The van der Waals surface area contributed by atoms with E-state index in [2.05, 4.69) is 19.8 Å². The van der Waals surface area contributed by atoms with E-state index in [0.29, 0.717) is 6.42 Å². The van der Waals surface area contributed by atoms with Crippen LogP contribution >= 0.6 is 0 Å². The Labute approximate surface area is 126 Å². The Morgan fingerprint density at radius 3 is 3.05 bits per heavy atom. The summed E-state index contributed by atoms with van der Waals surface area (Å²) in [4.78, 5) is 18.1. The van der Waals surface area contributed by atoms with Gasteiger partial charge in [0.15, 0.2) is 0 Å². The average Bonchev–Trinajstić information content (AvgIpc) is 2.92. The van der Waals surface area contributed by atoms with Crippen molar-refractivity contribution in [1.29, 1.82) is 0 Å². The highest BCUT2D eigenvalue weighted by atomic mass is 16.4. The molecule has 6 heteroatoms. The molecular weight excluding hydrogens is 268 g/mol. The van der Waals surface area contributed by atoms with Gasteiger partial charge < -0.3 is 15.0 Å². The van der Waals surface area contributed by atoms with Gasteiger partial charge in [0.2, 0.25) is 0 Å². The maximum absolute atomic E-state index is 11.4. The zero-order valence-corrected chi connectivity index (χ0v) is 13.0. The topological polar surface area (TPSA) is 70.4 Å². The average molecular weight is 294 g/mol. The van der Waals surface area contributed by atoms with Crippen LogP contribution in [-0.4, -0.2) is 50.7 Å². The first-order chi connectivity index (χ1) is 10.0. The normalized spacial score (nSPS) is 18.2. The minimum atomic E-state index is -0.815. The molecule has 0 aromatic carbocycles. The number of carbonyl (C=O) groups is 1. The summed E-state index contributed by atoms with van der Waals surface area (Å²) in [6.07, 6.45) is 6.32. The molecule has 0 amide bonds. The van der Waals surface area contributed by atoms with Gasteiger partial charge in [-0.15, -0.1) is 0 Å². The summed E-state index contributed by atoms with van der Waals surface area (Å²) in [5, 5.41) is 12.6. The fourth-order valence-corrected chi connectivity index (χ4v) is 2.74. The van der Waals surface area contributed by atoms with Crippen molar-refractivity contribution in [3.63, 3.8) is 0 Å². The molecule has 0 aliphatic carbocycles. The summed E-state index contributed by atoms with van der Waals surface area (Å²) >= 11 is 0. The lowest BCUT2D eigenvalue weighted by atomic mass is 9.95. The van der Waals surface area contributed by atoms with Crippen LogP contribution in [-0.2, 0) is 17.9 Å². The van der Waals surface area contributed by atoms with Gasteiger partial charge in [0.1, 0.15) is 11.4 Å². The van der Waals surface area contributed by atoms with Gasteiger partial charge in [-0.05, 0) is 39.3 Å². The third-order valence-corrected chi connectivity index (χ3v) is 4.21. The molecule has 2 heterocycles. The van der Waals surface area contributed by atoms with Crippen LogP contribution in [0.25, 0.3) is 0 Å². The first-order valence-corrected chi connectivity index (χ1v) is 7.76. The Hall–Kier alpha value is -1.40. The number of nitrogens with one attached hydrogen (secondary N) is 1. The number of aromatic nitrogens is 2. The predicted octanol–water partition coefficient (Wildman–Crippen LogP) is 1.32. The number of hydrogen-bond donors (Lipinski definition) is 2. The van der Waals surface area contributed by atoms with Crippen molar-refractivity contribution in [2.75, 3.05) is 19.6 Å². The molecule has 0 saturated heterocycles. The molecule has 21 heavy (non-hydrogen) atoms. The van der Waals surface area contributed by atoms with E-state index in [-0.39, 0.29) is 0 Å². The van der Waals surface area contributed by atoms with Crippen molar-refractivity contribution in [2.45, 2.75) is 51.7 Å². The summed E-state index contributed by atoms with van der Waals surface area (Å²) in [6.45, 7) is 8.33. The largest absolute Gasteiger partial charge is 0.480 e. The number of hydrogen-bond acceptors (Lipinski definition) is 4. The molecular formula is C15H26N4O2. The Balaban J connectivity index is 1.79. The van der Waals surface area contributed by atoms with Crippen molar-refractivity contribution in [3.8, 4) is 0 Å². The zero-order valence-electron chi connectivity index (χ0n) is 13.0.